The number of benzene rings is 3. The summed E-state index contributed by atoms with van der Waals surface area (Å²) in [5, 5.41) is 2.95. The first kappa shape index (κ1) is 21.9. The standard InChI is InChI=1S/C25H26N2O4S/c1-30-21-6-3-5-20(16-21)27-13-4-14-31-24-15-19(9-12-23(24)27)25(28)26-17-18-7-10-22(11-8-18)32(2)29/h3,5-12,15-16H,4,13-14,17H2,1-2H3,(H,26,28)/p+1. The lowest BCUT2D eigenvalue weighted by atomic mass is 10.1. The van der Waals surface area contributed by atoms with Gasteiger partial charge in [0.2, 0.25) is 0 Å². The maximum atomic E-state index is 12.8. The number of hydrogen-bond donors (Lipinski definition) is 1. The molecular weight excluding hydrogens is 424 g/mol. The first-order valence-electron chi connectivity index (χ1n) is 10.5. The van der Waals surface area contributed by atoms with Gasteiger partial charge in [0.05, 0.1) is 19.4 Å². The monoisotopic (exact) mass is 451 g/mol. The van der Waals surface area contributed by atoms with Crippen molar-refractivity contribution in [3.05, 3.63) is 77.9 Å². The molecular formula is C25H27N2O4S+. The largest absolute Gasteiger partial charge is 0.497 e. The van der Waals surface area contributed by atoms with Gasteiger partial charge in [-0.3, -0.25) is 4.79 Å². The lowest BCUT2D eigenvalue weighted by Crippen LogP contribution is -2.23. The van der Waals surface area contributed by atoms with E-state index in [9.17, 15) is 9.00 Å². The van der Waals surface area contributed by atoms with Gasteiger partial charge in [0.1, 0.15) is 28.6 Å². The highest BCUT2D eigenvalue weighted by molar-refractivity contribution is 7.84. The highest BCUT2D eigenvalue weighted by Gasteiger charge is 2.20. The van der Waals surface area contributed by atoms with E-state index in [-0.39, 0.29) is 5.91 Å². The van der Waals surface area contributed by atoms with Crippen LogP contribution in [-0.4, -0.2) is 32.4 Å². The summed E-state index contributed by atoms with van der Waals surface area (Å²) in [5.74, 6) is 1.32. The van der Waals surface area contributed by atoms with Crippen LogP contribution in [-0.2, 0) is 21.6 Å². The predicted octanol–water partition coefficient (Wildman–Crippen LogP) is 4.23. The number of hydrogen-bond acceptors (Lipinski definition) is 5. The van der Waals surface area contributed by atoms with Crippen molar-refractivity contribution in [3.63, 3.8) is 0 Å². The van der Waals surface area contributed by atoms with Crippen LogP contribution >= 0.6 is 0 Å². The van der Waals surface area contributed by atoms with Gasteiger partial charge in [-0.15, -0.1) is 4.21 Å². The normalized spacial score (nSPS) is 14.0. The summed E-state index contributed by atoms with van der Waals surface area (Å²) >= 11 is 0. The lowest BCUT2D eigenvalue weighted by Gasteiger charge is -2.24. The van der Waals surface area contributed by atoms with Crippen molar-refractivity contribution in [2.24, 2.45) is 0 Å². The van der Waals surface area contributed by atoms with Crippen molar-refractivity contribution in [1.29, 1.82) is 0 Å². The number of nitrogens with one attached hydrogen (secondary N) is 1. The minimum absolute atomic E-state index is 0.167. The molecule has 1 aliphatic heterocycles. The molecule has 0 spiro atoms. The average molecular weight is 452 g/mol. The quantitative estimate of drug-likeness (QED) is 0.449. The van der Waals surface area contributed by atoms with Crippen LogP contribution < -0.4 is 19.7 Å². The molecule has 166 valence electrons. The molecule has 4 rings (SSSR count). The highest BCUT2D eigenvalue weighted by Crippen LogP contribution is 2.37. The van der Waals surface area contributed by atoms with E-state index in [0.717, 1.165) is 40.5 Å². The number of nitrogens with zero attached hydrogens (tertiary/aromatic N) is 1. The molecule has 0 aromatic heterocycles. The van der Waals surface area contributed by atoms with Crippen molar-refractivity contribution in [2.45, 2.75) is 17.9 Å². The van der Waals surface area contributed by atoms with Crippen LogP contribution in [0.4, 0.5) is 11.4 Å². The maximum absolute atomic E-state index is 12.8. The Hall–Kier alpha value is -3.32. The van der Waals surface area contributed by atoms with Crippen LogP contribution in [0.2, 0.25) is 0 Å². The summed E-state index contributed by atoms with van der Waals surface area (Å²) in [7, 11) is 0.297. The van der Waals surface area contributed by atoms with Gasteiger partial charge in [0.25, 0.3) is 5.91 Å². The smallest absolute Gasteiger partial charge is 0.251 e. The van der Waals surface area contributed by atoms with Gasteiger partial charge in [-0.05, 0) is 54.4 Å². The van der Waals surface area contributed by atoms with Gasteiger partial charge in [0, 0.05) is 30.4 Å². The first-order valence-corrected chi connectivity index (χ1v) is 12.2. The Morgan fingerprint density at radius 1 is 1.12 bits per heavy atom. The Kier molecular flexibility index (Phi) is 6.75. The molecule has 1 atom stereocenters. The Morgan fingerprint density at radius 3 is 2.69 bits per heavy atom. The molecule has 7 heteroatoms. The van der Waals surface area contributed by atoms with Crippen molar-refractivity contribution >= 4 is 28.1 Å². The molecule has 0 saturated heterocycles. The van der Waals surface area contributed by atoms with E-state index in [2.05, 4.69) is 10.2 Å². The number of amides is 1. The molecule has 1 heterocycles. The zero-order valence-corrected chi connectivity index (χ0v) is 19.1. The van der Waals surface area contributed by atoms with Gasteiger partial charge in [-0.2, -0.15) is 0 Å². The van der Waals surface area contributed by atoms with Crippen LogP contribution in [0.1, 0.15) is 22.3 Å². The Morgan fingerprint density at radius 2 is 1.94 bits per heavy atom. The lowest BCUT2D eigenvalue weighted by molar-refractivity contribution is 0.0950. The fraction of sp³-hybridized carbons (Fsp3) is 0.240. The van der Waals surface area contributed by atoms with Crippen molar-refractivity contribution < 1.29 is 18.5 Å². The summed E-state index contributed by atoms with van der Waals surface area (Å²) in [6.45, 7) is 1.79. The summed E-state index contributed by atoms with van der Waals surface area (Å²) in [4.78, 5) is 15.7. The van der Waals surface area contributed by atoms with E-state index in [1.54, 1.807) is 19.4 Å². The topological polar surface area (TPSA) is 67.9 Å². The Labute approximate surface area is 190 Å². The molecule has 1 N–H and O–H groups in total. The molecule has 0 fully saturated rings. The predicted molar refractivity (Wildman–Crippen MR) is 128 cm³/mol. The number of methoxy groups -OCH3 is 1. The van der Waals surface area contributed by atoms with Crippen molar-refractivity contribution in [3.8, 4) is 11.5 Å². The van der Waals surface area contributed by atoms with E-state index in [1.807, 2.05) is 60.7 Å². The third-order valence-corrected chi connectivity index (χ3v) is 6.44. The third kappa shape index (κ3) is 4.94. The number of carbonyl (C=O) groups is 1. The van der Waals surface area contributed by atoms with Crippen LogP contribution in [0.5, 0.6) is 11.5 Å². The molecule has 3 aromatic rings. The van der Waals surface area contributed by atoms with E-state index in [0.29, 0.717) is 24.5 Å². The molecule has 1 unspecified atom stereocenters. The van der Waals surface area contributed by atoms with Crippen LogP contribution in [0, 0.1) is 0 Å². The van der Waals surface area contributed by atoms with Gasteiger partial charge in [0.15, 0.2) is 4.90 Å². The molecule has 6 nitrogen and oxygen atoms in total. The minimum Gasteiger partial charge on any atom is -0.497 e. The molecule has 0 aliphatic carbocycles. The van der Waals surface area contributed by atoms with Crippen LogP contribution in [0.25, 0.3) is 0 Å². The number of carbonyl (C=O) groups excluding carboxylic acids is 1. The number of anilines is 2. The minimum atomic E-state index is -1.36. The van der Waals surface area contributed by atoms with Crippen molar-refractivity contribution in [2.75, 3.05) is 31.4 Å². The van der Waals surface area contributed by atoms with Crippen LogP contribution in [0.3, 0.4) is 0 Å². The van der Waals surface area contributed by atoms with Crippen LogP contribution in [0.15, 0.2) is 71.6 Å². The van der Waals surface area contributed by atoms with Gasteiger partial charge in [-0.25, -0.2) is 0 Å². The Balaban J connectivity index is 1.51. The second-order valence-electron chi connectivity index (χ2n) is 7.58. The molecule has 32 heavy (non-hydrogen) atoms. The number of rotatable bonds is 6. The summed E-state index contributed by atoms with van der Waals surface area (Å²) in [6, 6.07) is 20.9. The maximum Gasteiger partial charge on any atom is 0.251 e. The second kappa shape index (κ2) is 9.87. The molecule has 0 bridgehead atoms. The number of thiol groups is 1. The Bertz CT molecular complexity index is 1130. The zero-order valence-electron chi connectivity index (χ0n) is 18.2. The van der Waals surface area contributed by atoms with Gasteiger partial charge < -0.3 is 19.7 Å². The second-order valence-corrected chi connectivity index (χ2v) is 9.10. The summed E-state index contributed by atoms with van der Waals surface area (Å²) in [5.41, 5.74) is 3.45. The molecule has 1 aliphatic rings. The number of fused-ring (bicyclic) bond motifs is 1. The summed E-state index contributed by atoms with van der Waals surface area (Å²) in [6.07, 6.45) is 2.55. The fourth-order valence-electron chi connectivity index (χ4n) is 3.67. The van der Waals surface area contributed by atoms with E-state index in [1.165, 1.54) is 0 Å². The number of ether oxygens (including phenoxy) is 2. The first-order chi connectivity index (χ1) is 15.5. The van der Waals surface area contributed by atoms with Gasteiger partial charge >= 0.3 is 0 Å². The average Bonchev–Trinajstić information content (AvgIpc) is 3.04. The van der Waals surface area contributed by atoms with Gasteiger partial charge in [-0.1, -0.05) is 18.2 Å². The SMILES string of the molecule is COc1cccc(N2CCCOc3cc(C(=O)NCc4ccc([SH+](C)=O)cc4)ccc32)c1. The molecule has 1 amide bonds. The highest BCUT2D eigenvalue weighted by atomic mass is 32.2. The fourth-order valence-corrected chi connectivity index (χ4v) is 4.24. The molecule has 0 radical (unpaired) electrons. The van der Waals surface area contributed by atoms with E-state index >= 15 is 0 Å². The molecule has 3 aromatic carbocycles. The van der Waals surface area contributed by atoms with E-state index < -0.39 is 10.8 Å². The van der Waals surface area contributed by atoms with Crippen molar-refractivity contribution in [1.82, 2.24) is 5.32 Å². The zero-order chi connectivity index (χ0) is 22.5. The van der Waals surface area contributed by atoms with E-state index in [4.69, 9.17) is 9.47 Å². The molecule has 0 saturated carbocycles. The third-order valence-electron chi connectivity index (χ3n) is 5.41. The summed E-state index contributed by atoms with van der Waals surface area (Å²) < 4.78 is 22.9.